The van der Waals surface area contributed by atoms with Crippen molar-refractivity contribution in [3.05, 3.63) is 29.8 Å². The van der Waals surface area contributed by atoms with Crippen LogP contribution >= 0.6 is 0 Å². The molecule has 3 rings (SSSR count). The largest absolute Gasteiger partial charge is 0.494 e. The number of aromatic nitrogens is 1. The molecule has 0 atom stereocenters. The highest BCUT2D eigenvalue weighted by Gasteiger charge is 2.27. The molecule has 8 heteroatoms. The number of amidine groups is 1. The number of hydrogen-bond acceptors (Lipinski definition) is 6. The number of rotatable bonds is 3. The molecule has 1 aliphatic heterocycles. The molecule has 0 saturated heterocycles. The number of H-pyrrole nitrogens is 1. The lowest BCUT2D eigenvalue weighted by Crippen LogP contribution is -2.31. The second kappa shape index (κ2) is 5.31. The first-order valence-electron chi connectivity index (χ1n) is 7.12. The third-order valence-corrected chi connectivity index (χ3v) is 5.68. The number of aliphatic imine (C=N–C) groups is 1. The van der Waals surface area contributed by atoms with Gasteiger partial charge in [0.1, 0.15) is 11.5 Å². The van der Waals surface area contributed by atoms with Gasteiger partial charge in [0.2, 0.25) is 5.88 Å². The average Bonchev–Trinajstić information content (AvgIpc) is 2.84. The van der Waals surface area contributed by atoms with Crippen LogP contribution in [0.25, 0.3) is 0 Å². The maximum Gasteiger partial charge on any atom is 0.215 e. The SMILES string of the molecule is CCS(=O)(=O)c1cccc2c1CN(c1cc(O)[nH]c1O)C(C)=N2. The molecule has 0 bridgehead atoms. The lowest BCUT2D eigenvalue weighted by molar-refractivity contribution is 0.425. The lowest BCUT2D eigenvalue weighted by atomic mass is 10.1. The highest BCUT2D eigenvalue weighted by Crippen LogP contribution is 2.38. The van der Waals surface area contributed by atoms with Gasteiger partial charge in [-0.3, -0.25) is 4.98 Å². The molecule has 1 aliphatic rings. The van der Waals surface area contributed by atoms with Crippen LogP contribution in [0.3, 0.4) is 0 Å². The Morgan fingerprint density at radius 2 is 2.09 bits per heavy atom. The summed E-state index contributed by atoms with van der Waals surface area (Å²) in [5, 5.41) is 19.4. The van der Waals surface area contributed by atoms with E-state index in [-0.39, 0.29) is 29.0 Å². The van der Waals surface area contributed by atoms with Gasteiger partial charge in [0.15, 0.2) is 15.7 Å². The van der Waals surface area contributed by atoms with E-state index in [0.717, 1.165) is 0 Å². The summed E-state index contributed by atoms with van der Waals surface area (Å²) < 4.78 is 24.6. The predicted octanol–water partition coefficient (Wildman–Crippen LogP) is 2.29. The third kappa shape index (κ3) is 2.55. The first-order valence-corrected chi connectivity index (χ1v) is 8.77. The number of sulfone groups is 1. The molecule has 0 aliphatic carbocycles. The van der Waals surface area contributed by atoms with Gasteiger partial charge >= 0.3 is 0 Å². The van der Waals surface area contributed by atoms with Gasteiger partial charge in [-0.2, -0.15) is 0 Å². The van der Waals surface area contributed by atoms with Gasteiger partial charge in [-0.25, -0.2) is 13.4 Å². The fraction of sp³-hybridized carbons (Fsp3) is 0.267. The van der Waals surface area contributed by atoms with Crippen molar-refractivity contribution in [2.75, 3.05) is 10.7 Å². The Hall–Kier alpha value is -2.48. The number of nitrogens with zero attached hydrogens (tertiary/aromatic N) is 2. The van der Waals surface area contributed by atoms with Crippen molar-refractivity contribution in [2.45, 2.75) is 25.3 Å². The second-order valence-corrected chi connectivity index (χ2v) is 7.54. The van der Waals surface area contributed by atoms with Crippen LogP contribution in [0, 0.1) is 0 Å². The number of aromatic amines is 1. The van der Waals surface area contributed by atoms with E-state index < -0.39 is 9.84 Å². The Morgan fingerprint density at radius 3 is 2.70 bits per heavy atom. The fourth-order valence-corrected chi connectivity index (χ4v) is 3.80. The summed E-state index contributed by atoms with van der Waals surface area (Å²) in [5.74, 6) is 0.224. The number of anilines is 1. The number of aromatic hydroxyl groups is 2. The Kier molecular flexibility index (Phi) is 3.56. The second-order valence-electron chi connectivity index (χ2n) is 5.29. The van der Waals surface area contributed by atoms with Crippen LogP contribution in [0.4, 0.5) is 11.4 Å². The van der Waals surface area contributed by atoms with E-state index in [1.165, 1.54) is 6.07 Å². The van der Waals surface area contributed by atoms with Crippen molar-refractivity contribution >= 4 is 27.0 Å². The molecule has 0 amide bonds. The predicted molar refractivity (Wildman–Crippen MR) is 87.2 cm³/mol. The standard InChI is InChI=1S/C15H17N3O4S/c1-3-23(21,22)13-6-4-5-11-10(13)8-18(9(2)16-11)12-7-14(19)17-15(12)20/h4-7,17,19-20H,3,8H2,1-2H3. The summed E-state index contributed by atoms with van der Waals surface area (Å²) in [6, 6.07) is 6.38. The molecule has 0 unspecified atom stereocenters. The molecule has 1 aromatic carbocycles. The molecule has 0 spiro atoms. The Morgan fingerprint density at radius 1 is 1.35 bits per heavy atom. The highest BCUT2D eigenvalue weighted by molar-refractivity contribution is 7.91. The van der Waals surface area contributed by atoms with E-state index in [4.69, 9.17) is 0 Å². The Bertz CT molecular complexity index is 899. The first kappa shape index (κ1) is 15.4. The molecule has 7 nitrogen and oxygen atoms in total. The zero-order valence-electron chi connectivity index (χ0n) is 12.7. The molecule has 122 valence electrons. The van der Waals surface area contributed by atoms with Crippen LogP contribution in [-0.2, 0) is 16.4 Å². The molecular weight excluding hydrogens is 318 g/mol. The normalized spacial score (nSPS) is 14.5. The van der Waals surface area contributed by atoms with E-state index in [2.05, 4.69) is 9.98 Å². The van der Waals surface area contributed by atoms with Crippen LogP contribution in [0.1, 0.15) is 19.4 Å². The minimum Gasteiger partial charge on any atom is -0.494 e. The molecule has 0 radical (unpaired) electrons. The zero-order chi connectivity index (χ0) is 16.8. The molecule has 0 saturated carbocycles. The fourth-order valence-electron chi connectivity index (χ4n) is 2.66. The maximum atomic E-state index is 12.3. The average molecular weight is 335 g/mol. The molecule has 3 N–H and O–H groups in total. The smallest absolute Gasteiger partial charge is 0.215 e. The summed E-state index contributed by atoms with van der Waals surface area (Å²) in [6.45, 7) is 3.60. The van der Waals surface area contributed by atoms with Gasteiger partial charge in [-0.1, -0.05) is 13.0 Å². The molecule has 23 heavy (non-hydrogen) atoms. The summed E-state index contributed by atoms with van der Waals surface area (Å²) in [7, 11) is -3.38. The van der Waals surface area contributed by atoms with Crippen molar-refractivity contribution in [2.24, 2.45) is 4.99 Å². The molecular formula is C15H17N3O4S. The van der Waals surface area contributed by atoms with Gasteiger partial charge in [0, 0.05) is 11.6 Å². The van der Waals surface area contributed by atoms with Crippen molar-refractivity contribution in [3.8, 4) is 11.8 Å². The van der Waals surface area contributed by atoms with Crippen LogP contribution in [0.2, 0.25) is 0 Å². The summed E-state index contributed by atoms with van der Waals surface area (Å²) in [6.07, 6.45) is 0. The van der Waals surface area contributed by atoms with E-state index in [1.54, 1.807) is 36.9 Å². The van der Waals surface area contributed by atoms with Crippen LogP contribution in [0.15, 0.2) is 34.2 Å². The Balaban J connectivity index is 2.14. The molecule has 0 fully saturated rings. The van der Waals surface area contributed by atoms with E-state index in [1.807, 2.05) is 0 Å². The van der Waals surface area contributed by atoms with Crippen LogP contribution < -0.4 is 4.90 Å². The maximum absolute atomic E-state index is 12.3. The van der Waals surface area contributed by atoms with Crippen LogP contribution in [0.5, 0.6) is 11.8 Å². The number of hydrogen-bond donors (Lipinski definition) is 3. The number of nitrogens with one attached hydrogen (secondary N) is 1. The lowest BCUT2D eigenvalue weighted by Gasteiger charge is -2.29. The minimum absolute atomic E-state index is 0.00232. The quantitative estimate of drug-likeness (QED) is 0.798. The van der Waals surface area contributed by atoms with Crippen molar-refractivity contribution < 1.29 is 18.6 Å². The van der Waals surface area contributed by atoms with Crippen molar-refractivity contribution in [3.63, 3.8) is 0 Å². The molecule has 2 heterocycles. The topological polar surface area (TPSA) is 106 Å². The highest BCUT2D eigenvalue weighted by atomic mass is 32.2. The molecule has 1 aromatic heterocycles. The summed E-state index contributed by atoms with van der Waals surface area (Å²) in [4.78, 5) is 8.74. The minimum atomic E-state index is -3.38. The zero-order valence-corrected chi connectivity index (χ0v) is 13.6. The Labute approximate surface area is 133 Å². The van der Waals surface area contributed by atoms with E-state index in [9.17, 15) is 18.6 Å². The number of benzene rings is 1. The number of fused-ring (bicyclic) bond motifs is 1. The summed E-state index contributed by atoms with van der Waals surface area (Å²) >= 11 is 0. The first-order chi connectivity index (χ1) is 10.8. The van der Waals surface area contributed by atoms with Gasteiger partial charge in [0.05, 0.1) is 22.9 Å². The third-order valence-electron chi connectivity index (χ3n) is 3.87. The monoisotopic (exact) mass is 335 g/mol. The van der Waals surface area contributed by atoms with E-state index >= 15 is 0 Å². The van der Waals surface area contributed by atoms with Gasteiger partial charge < -0.3 is 15.1 Å². The van der Waals surface area contributed by atoms with Crippen molar-refractivity contribution in [1.82, 2.24) is 4.98 Å². The van der Waals surface area contributed by atoms with Gasteiger partial charge in [-0.05, 0) is 19.1 Å². The molecule has 2 aromatic rings. The summed E-state index contributed by atoms with van der Waals surface area (Å²) in [5.41, 5.74) is 1.53. The van der Waals surface area contributed by atoms with Gasteiger partial charge in [0.25, 0.3) is 0 Å². The van der Waals surface area contributed by atoms with E-state index in [0.29, 0.717) is 22.8 Å². The van der Waals surface area contributed by atoms with Crippen molar-refractivity contribution in [1.29, 1.82) is 0 Å². The van der Waals surface area contributed by atoms with Gasteiger partial charge in [-0.15, -0.1) is 0 Å². The van der Waals surface area contributed by atoms with Crippen LogP contribution in [-0.4, -0.2) is 35.2 Å².